The van der Waals surface area contributed by atoms with Gasteiger partial charge in [-0.1, -0.05) is 6.92 Å². The minimum atomic E-state index is -0.193. The molecule has 6 nitrogen and oxygen atoms in total. The van der Waals surface area contributed by atoms with Crippen molar-refractivity contribution in [1.29, 1.82) is 0 Å². The third-order valence-electron chi connectivity index (χ3n) is 2.64. The third-order valence-corrected chi connectivity index (χ3v) is 2.64. The fourth-order valence-electron chi connectivity index (χ4n) is 1.66. The highest BCUT2D eigenvalue weighted by atomic mass is 16.2. The van der Waals surface area contributed by atoms with E-state index in [2.05, 4.69) is 27.9 Å². The SMILES string of the molecule is CCCNc1cc(C)ncc1C(=O)NCCNC(C)=O. The molecule has 110 valence electrons. The molecule has 0 saturated carbocycles. The molecule has 6 heteroatoms. The van der Waals surface area contributed by atoms with Crippen LogP contribution in [-0.4, -0.2) is 36.4 Å². The highest BCUT2D eigenvalue weighted by Crippen LogP contribution is 2.15. The molecule has 1 rings (SSSR count). The summed E-state index contributed by atoms with van der Waals surface area (Å²) >= 11 is 0. The van der Waals surface area contributed by atoms with Crippen LogP contribution < -0.4 is 16.0 Å². The van der Waals surface area contributed by atoms with E-state index in [-0.39, 0.29) is 11.8 Å². The van der Waals surface area contributed by atoms with Crippen molar-refractivity contribution in [3.8, 4) is 0 Å². The van der Waals surface area contributed by atoms with Crippen LogP contribution in [0, 0.1) is 6.92 Å². The number of hydrogen-bond acceptors (Lipinski definition) is 4. The summed E-state index contributed by atoms with van der Waals surface area (Å²) in [4.78, 5) is 27.0. The number of nitrogens with one attached hydrogen (secondary N) is 3. The van der Waals surface area contributed by atoms with E-state index in [1.54, 1.807) is 6.20 Å². The Morgan fingerprint density at radius 3 is 2.55 bits per heavy atom. The maximum atomic E-state index is 12.1. The van der Waals surface area contributed by atoms with Gasteiger partial charge < -0.3 is 16.0 Å². The average Bonchev–Trinajstić information content (AvgIpc) is 2.41. The Morgan fingerprint density at radius 1 is 1.20 bits per heavy atom. The minimum Gasteiger partial charge on any atom is -0.384 e. The van der Waals surface area contributed by atoms with E-state index in [1.807, 2.05) is 13.0 Å². The van der Waals surface area contributed by atoms with E-state index in [0.717, 1.165) is 24.3 Å². The van der Waals surface area contributed by atoms with Crippen LogP contribution in [0.4, 0.5) is 5.69 Å². The molecule has 0 atom stereocenters. The summed E-state index contributed by atoms with van der Waals surface area (Å²) in [7, 11) is 0. The molecular weight excluding hydrogens is 256 g/mol. The summed E-state index contributed by atoms with van der Waals surface area (Å²) in [5.41, 5.74) is 2.17. The summed E-state index contributed by atoms with van der Waals surface area (Å²) in [6.07, 6.45) is 2.55. The molecule has 1 aromatic rings. The van der Waals surface area contributed by atoms with Crippen LogP contribution in [0.1, 0.15) is 36.3 Å². The van der Waals surface area contributed by atoms with Crippen molar-refractivity contribution >= 4 is 17.5 Å². The molecule has 0 bridgehead atoms. The number of aryl methyl sites for hydroxylation is 1. The van der Waals surface area contributed by atoms with Crippen molar-refractivity contribution in [3.05, 3.63) is 23.5 Å². The van der Waals surface area contributed by atoms with Gasteiger partial charge in [0.15, 0.2) is 0 Å². The standard InChI is InChI=1S/C14H22N4O2/c1-4-5-16-13-8-10(2)18-9-12(13)14(20)17-7-6-15-11(3)19/h8-9H,4-7H2,1-3H3,(H,15,19)(H,16,18)(H,17,20). The molecule has 0 spiro atoms. The first-order chi connectivity index (χ1) is 9.54. The second-order valence-electron chi connectivity index (χ2n) is 4.54. The number of pyridine rings is 1. The normalized spacial score (nSPS) is 9.95. The van der Waals surface area contributed by atoms with Crippen molar-refractivity contribution in [3.63, 3.8) is 0 Å². The van der Waals surface area contributed by atoms with Gasteiger partial charge in [-0.25, -0.2) is 0 Å². The van der Waals surface area contributed by atoms with E-state index >= 15 is 0 Å². The molecule has 0 aliphatic heterocycles. The molecule has 20 heavy (non-hydrogen) atoms. The van der Waals surface area contributed by atoms with E-state index in [4.69, 9.17) is 0 Å². The zero-order valence-corrected chi connectivity index (χ0v) is 12.2. The highest BCUT2D eigenvalue weighted by Gasteiger charge is 2.11. The summed E-state index contributed by atoms with van der Waals surface area (Å²) < 4.78 is 0. The van der Waals surface area contributed by atoms with Gasteiger partial charge in [0.25, 0.3) is 5.91 Å². The highest BCUT2D eigenvalue weighted by molar-refractivity contribution is 5.99. The number of rotatable bonds is 7. The second-order valence-corrected chi connectivity index (χ2v) is 4.54. The first-order valence-electron chi connectivity index (χ1n) is 6.77. The lowest BCUT2D eigenvalue weighted by atomic mass is 10.2. The maximum absolute atomic E-state index is 12.1. The molecule has 2 amide bonds. The molecule has 0 radical (unpaired) electrons. The van der Waals surface area contributed by atoms with E-state index in [1.165, 1.54) is 6.92 Å². The van der Waals surface area contributed by atoms with Crippen molar-refractivity contribution in [2.75, 3.05) is 25.0 Å². The smallest absolute Gasteiger partial charge is 0.255 e. The predicted molar refractivity (Wildman–Crippen MR) is 78.8 cm³/mol. The molecule has 3 N–H and O–H groups in total. The summed E-state index contributed by atoms with van der Waals surface area (Å²) in [5.74, 6) is -0.303. The Hall–Kier alpha value is -2.11. The zero-order valence-electron chi connectivity index (χ0n) is 12.2. The van der Waals surface area contributed by atoms with Crippen molar-refractivity contribution in [2.24, 2.45) is 0 Å². The van der Waals surface area contributed by atoms with Gasteiger partial charge in [0, 0.05) is 38.4 Å². The number of nitrogens with zero attached hydrogens (tertiary/aromatic N) is 1. The van der Waals surface area contributed by atoms with Gasteiger partial charge >= 0.3 is 0 Å². The Morgan fingerprint density at radius 2 is 1.90 bits per heavy atom. The lowest BCUT2D eigenvalue weighted by Crippen LogP contribution is -2.34. The molecule has 0 aromatic carbocycles. The molecule has 0 saturated heterocycles. The van der Waals surface area contributed by atoms with Crippen molar-refractivity contribution in [2.45, 2.75) is 27.2 Å². The van der Waals surface area contributed by atoms with Crippen molar-refractivity contribution in [1.82, 2.24) is 15.6 Å². The number of carbonyl (C=O) groups excluding carboxylic acids is 2. The van der Waals surface area contributed by atoms with E-state index in [9.17, 15) is 9.59 Å². The topological polar surface area (TPSA) is 83.1 Å². The number of hydrogen-bond donors (Lipinski definition) is 3. The second kappa shape index (κ2) is 8.14. The molecule has 1 aromatic heterocycles. The zero-order chi connectivity index (χ0) is 15.0. The van der Waals surface area contributed by atoms with Gasteiger partial charge in [-0.05, 0) is 19.4 Å². The number of anilines is 1. The third kappa shape index (κ3) is 5.26. The van der Waals surface area contributed by atoms with Crippen LogP contribution in [0.15, 0.2) is 12.3 Å². The van der Waals surface area contributed by atoms with Crippen LogP contribution in [0.5, 0.6) is 0 Å². The fraction of sp³-hybridized carbons (Fsp3) is 0.500. The molecule has 0 aliphatic carbocycles. The number of carbonyl (C=O) groups is 2. The number of amides is 2. The van der Waals surface area contributed by atoms with E-state index in [0.29, 0.717) is 18.7 Å². The Bertz CT molecular complexity index is 474. The van der Waals surface area contributed by atoms with Crippen LogP contribution in [0.3, 0.4) is 0 Å². The van der Waals surface area contributed by atoms with Crippen LogP contribution in [0.2, 0.25) is 0 Å². The maximum Gasteiger partial charge on any atom is 0.255 e. The summed E-state index contributed by atoms with van der Waals surface area (Å²) in [6.45, 7) is 7.00. The van der Waals surface area contributed by atoms with Gasteiger partial charge in [-0.3, -0.25) is 14.6 Å². The summed E-state index contributed by atoms with van der Waals surface area (Å²) in [6, 6.07) is 1.86. The Labute approximate surface area is 119 Å². The van der Waals surface area contributed by atoms with Crippen LogP contribution in [-0.2, 0) is 4.79 Å². The average molecular weight is 278 g/mol. The Kier molecular flexibility index (Phi) is 6.49. The molecule has 1 heterocycles. The first kappa shape index (κ1) is 15.9. The van der Waals surface area contributed by atoms with Gasteiger partial charge in [0.1, 0.15) is 0 Å². The molecule has 0 fully saturated rings. The summed E-state index contributed by atoms with van der Waals surface area (Å²) in [5, 5.41) is 8.61. The van der Waals surface area contributed by atoms with Crippen LogP contribution in [0.25, 0.3) is 0 Å². The van der Waals surface area contributed by atoms with Gasteiger partial charge in [-0.15, -0.1) is 0 Å². The minimum absolute atomic E-state index is 0.110. The van der Waals surface area contributed by atoms with Gasteiger partial charge in [0.2, 0.25) is 5.91 Å². The van der Waals surface area contributed by atoms with Gasteiger partial charge in [-0.2, -0.15) is 0 Å². The largest absolute Gasteiger partial charge is 0.384 e. The quantitative estimate of drug-likeness (QED) is 0.652. The number of aromatic nitrogens is 1. The molecule has 0 unspecified atom stereocenters. The van der Waals surface area contributed by atoms with Crippen molar-refractivity contribution < 1.29 is 9.59 Å². The lowest BCUT2D eigenvalue weighted by molar-refractivity contribution is -0.118. The monoisotopic (exact) mass is 278 g/mol. The fourth-order valence-corrected chi connectivity index (χ4v) is 1.66. The lowest BCUT2D eigenvalue weighted by Gasteiger charge is -2.12. The molecular formula is C14H22N4O2. The van der Waals surface area contributed by atoms with Gasteiger partial charge in [0.05, 0.1) is 11.3 Å². The Balaban J connectivity index is 2.63. The molecule has 0 aliphatic rings. The first-order valence-corrected chi connectivity index (χ1v) is 6.77. The van der Waals surface area contributed by atoms with E-state index < -0.39 is 0 Å². The van der Waals surface area contributed by atoms with Crippen LogP contribution >= 0.6 is 0 Å². The predicted octanol–water partition coefficient (Wildman–Crippen LogP) is 1.08.